The van der Waals surface area contributed by atoms with Gasteiger partial charge in [0.2, 0.25) is 0 Å². The number of rotatable bonds is 1. The summed E-state index contributed by atoms with van der Waals surface area (Å²) in [5.74, 6) is -0.239. The van der Waals surface area contributed by atoms with Gasteiger partial charge in [-0.15, -0.1) is 10.2 Å². The summed E-state index contributed by atoms with van der Waals surface area (Å²) in [6, 6.07) is 5.09. The van der Waals surface area contributed by atoms with Crippen molar-refractivity contribution in [3.63, 3.8) is 0 Å². The Balaban J connectivity index is 2.53. The second-order valence-electron chi connectivity index (χ2n) is 2.73. The van der Waals surface area contributed by atoms with E-state index >= 15 is 0 Å². The highest BCUT2D eigenvalue weighted by atomic mass is 32.1. The summed E-state index contributed by atoms with van der Waals surface area (Å²) < 4.78 is 13.4. The molecule has 0 bridgehead atoms. The minimum Gasteiger partial charge on any atom is -0.206 e. The average Bonchev–Trinajstić information content (AvgIpc) is 2.56. The third-order valence-electron chi connectivity index (χ3n) is 1.72. The van der Waals surface area contributed by atoms with E-state index in [0.717, 1.165) is 5.56 Å². The van der Waals surface area contributed by atoms with Crippen LogP contribution in [-0.2, 0) is 0 Å². The molecule has 0 aliphatic rings. The molecule has 0 spiro atoms. The molecule has 0 atom stereocenters. The van der Waals surface area contributed by atoms with Crippen molar-refractivity contribution in [3.8, 4) is 10.6 Å². The van der Waals surface area contributed by atoms with Crippen molar-refractivity contribution < 1.29 is 4.39 Å². The monoisotopic (exact) mass is 194 g/mol. The first kappa shape index (κ1) is 8.31. The van der Waals surface area contributed by atoms with E-state index in [9.17, 15) is 4.39 Å². The minimum atomic E-state index is -0.239. The normalized spacial score (nSPS) is 10.3. The van der Waals surface area contributed by atoms with Crippen LogP contribution in [-0.4, -0.2) is 10.2 Å². The second kappa shape index (κ2) is 3.22. The van der Waals surface area contributed by atoms with Gasteiger partial charge in [0.05, 0.1) is 0 Å². The van der Waals surface area contributed by atoms with E-state index in [1.165, 1.54) is 17.4 Å². The molecule has 0 saturated heterocycles. The second-order valence-corrected chi connectivity index (χ2v) is 3.56. The number of nitrogens with zero attached hydrogens (tertiary/aromatic N) is 2. The summed E-state index contributed by atoms with van der Waals surface area (Å²) in [6.07, 6.45) is 0. The summed E-state index contributed by atoms with van der Waals surface area (Å²) in [6.45, 7) is 1.85. The Morgan fingerprint density at radius 3 is 2.85 bits per heavy atom. The number of aromatic nitrogens is 2. The molecule has 0 saturated carbocycles. The fraction of sp³-hybridized carbons (Fsp3) is 0.111. The molecule has 0 N–H and O–H groups in total. The van der Waals surface area contributed by atoms with Crippen LogP contribution in [0.2, 0.25) is 0 Å². The third-order valence-corrected chi connectivity index (χ3v) is 2.44. The van der Waals surface area contributed by atoms with Gasteiger partial charge in [-0.2, -0.15) is 0 Å². The zero-order chi connectivity index (χ0) is 9.26. The lowest BCUT2D eigenvalue weighted by molar-refractivity contribution is 0.630. The van der Waals surface area contributed by atoms with Crippen LogP contribution < -0.4 is 0 Å². The van der Waals surface area contributed by atoms with Gasteiger partial charge in [0.1, 0.15) is 16.3 Å². The maximum atomic E-state index is 13.4. The topological polar surface area (TPSA) is 25.8 Å². The van der Waals surface area contributed by atoms with Crippen molar-refractivity contribution in [2.24, 2.45) is 0 Å². The molecule has 0 aliphatic carbocycles. The van der Waals surface area contributed by atoms with Crippen molar-refractivity contribution >= 4 is 11.3 Å². The number of benzene rings is 1. The summed E-state index contributed by atoms with van der Waals surface area (Å²) in [5, 5.41) is 8.09. The summed E-state index contributed by atoms with van der Waals surface area (Å²) in [7, 11) is 0. The van der Waals surface area contributed by atoms with Crippen LogP contribution in [0.15, 0.2) is 23.7 Å². The highest BCUT2D eigenvalue weighted by Crippen LogP contribution is 2.24. The predicted octanol–water partition coefficient (Wildman–Crippen LogP) is 2.65. The maximum Gasteiger partial charge on any atom is 0.150 e. The molecule has 1 aromatic heterocycles. The van der Waals surface area contributed by atoms with E-state index in [1.807, 2.05) is 13.0 Å². The van der Waals surface area contributed by atoms with E-state index in [0.29, 0.717) is 10.6 Å². The van der Waals surface area contributed by atoms with Crippen LogP contribution >= 0.6 is 11.3 Å². The van der Waals surface area contributed by atoms with Gasteiger partial charge in [-0.1, -0.05) is 17.4 Å². The lowest BCUT2D eigenvalue weighted by Gasteiger charge is -1.98. The highest BCUT2D eigenvalue weighted by Gasteiger charge is 2.07. The number of hydrogen-bond donors (Lipinski definition) is 0. The molecule has 1 aromatic carbocycles. The highest BCUT2D eigenvalue weighted by molar-refractivity contribution is 7.12. The standard InChI is InChI=1S/C9H7FN2S/c1-6-2-3-7(8(10)4-6)9-12-11-5-13-9/h2-5H,1H3. The van der Waals surface area contributed by atoms with Crippen LogP contribution in [0, 0.1) is 12.7 Å². The Hall–Kier alpha value is -1.29. The smallest absolute Gasteiger partial charge is 0.150 e. The first-order chi connectivity index (χ1) is 6.27. The van der Waals surface area contributed by atoms with Crippen molar-refractivity contribution in [1.82, 2.24) is 10.2 Å². The van der Waals surface area contributed by atoms with E-state index in [4.69, 9.17) is 0 Å². The van der Waals surface area contributed by atoms with Crippen molar-refractivity contribution in [3.05, 3.63) is 35.1 Å². The number of halogens is 1. The van der Waals surface area contributed by atoms with Crippen LogP contribution in [0.1, 0.15) is 5.56 Å². The average molecular weight is 194 g/mol. The molecule has 2 rings (SSSR count). The molecule has 0 radical (unpaired) electrons. The lowest BCUT2D eigenvalue weighted by atomic mass is 10.1. The number of hydrogen-bond acceptors (Lipinski definition) is 3. The third kappa shape index (κ3) is 1.58. The van der Waals surface area contributed by atoms with Crippen LogP contribution in [0.5, 0.6) is 0 Å². The largest absolute Gasteiger partial charge is 0.206 e. The first-order valence-electron chi connectivity index (χ1n) is 3.80. The Bertz CT molecular complexity index is 412. The predicted molar refractivity (Wildman–Crippen MR) is 50.0 cm³/mol. The Morgan fingerprint density at radius 1 is 1.38 bits per heavy atom. The summed E-state index contributed by atoms with van der Waals surface area (Å²) in [4.78, 5) is 0. The van der Waals surface area contributed by atoms with Crippen molar-refractivity contribution in [1.29, 1.82) is 0 Å². The first-order valence-corrected chi connectivity index (χ1v) is 4.68. The molecule has 4 heteroatoms. The molecule has 13 heavy (non-hydrogen) atoms. The Morgan fingerprint density at radius 2 is 2.23 bits per heavy atom. The fourth-order valence-electron chi connectivity index (χ4n) is 1.08. The van der Waals surface area contributed by atoms with Crippen molar-refractivity contribution in [2.45, 2.75) is 6.92 Å². The maximum absolute atomic E-state index is 13.4. The van der Waals surface area contributed by atoms with Gasteiger partial charge in [-0.25, -0.2) is 4.39 Å². The lowest BCUT2D eigenvalue weighted by Crippen LogP contribution is -1.84. The minimum absolute atomic E-state index is 0.239. The summed E-state index contributed by atoms with van der Waals surface area (Å²) >= 11 is 1.33. The molecule has 66 valence electrons. The van der Waals surface area contributed by atoms with Gasteiger partial charge >= 0.3 is 0 Å². The molecule has 0 unspecified atom stereocenters. The molecule has 0 aliphatic heterocycles. The fourth-order valence-corrected chi connectivity index (χ4v) is 1.66. The SMILES string of the molecule is Cc1ccc(-c2nncs2)c(F)c1. The molecular weight excluding hydrogens is 187 g/mol. The quantitative estimate of drug-likeness (QED) is 0.697. The number of aryl methyl sites for hydroxylation is 1. The van der Waals surface area contributed by atoms with E-state index in [1.54, 1.807) is 11.6 Å². The van der Waals surface area contributed by atoms with Gasteiger partial charge in [0, 0.05) is 5.56 Å². The van der Waals surface area contributed by atoms with Gasteiger partial charge in [-0.3, -0.25) is 0 Å². The van der Waals surface area contributed by atoms with Crippen LogP contribution in [0.3, 0.4) is 0 Å². The molecule has 0 amide bonds. The zero-order valence-electron chi connectivity index (χ0n) is 6.99. The van der Waals surface area contributed by atoms with Gasteiger partial charge in [0.15, 0.2) is 0 Å². The van der Waals surface area contributed by atoms with Gasteiger partial charge < -0.3 is 0 Å². The van der Waals surface area contributed by atoms with Gasteiger partial charge in [-0.05, 0) is 24.6 Å². The zero-order valence-corrected chi connectivity index (χ0v) is 7.81. The van der Waals surface area contributed by atoms with E-state index in [-0.39, 0.29) is 5.82 Å². The van der Waals surface area contributed by atoms with Crippen LogP contribution in [0.4, 0.5) is 4.39 Å². The van der Waals surface area contributed by atoms with E-state index < -0.39 is 0 Å². The Labute approximate surface area is 79.1 Å². The summed E-state index contributed by atoms with van der Waals surface area (Å²) in [5.41, 5.74) is 3.02. The molecular formula is C9H7FN2S. The molecule has 2 aromatic rings. The van der Waals surface area contributed by atoms with Crippen molar-refractivity contribution in [2.75, 3.05) is 0 Å². The Kier molecular flexibility index (Phi) is 2.06. The molecule has 1 heterocycles. The van der Waals surface area contributed by atoms with Gasteiger partial charge in [0.25, 0.3) is 0 Å². The molecule has 0 fully saturated rings. The van der Waals surface area contributed by atoms with E-state index in [2.05, 4.69) is 10.2 Å². The molecule has 2 nitrogen and oxygen atoms in total. The van der Waals surface area contributed by atoms with Crippen LogP contribution in [0.25, 0.3) is 10.6 Å².